The Bertz CT molecular complexity index is 2970. The number of piperazine rings is 1. The van der Waals surface area contributed by atoms with E-state index in [1.165, 1.54) is 6.21 Å². The zero-order valence-corrected chi connectivity index (χ0v) is 31.5. The van der Waals surface area contributed by atoms with Gasteiger partial charge < -0.3 is 34.8 Å². The first-order valence-corrected chi connectivity index (χ1v) is 18.6. The summed E-state index contributed by atoms with van der Waals surface area (Å²) in [7, 11) is 1.12. The number of hydrogen-bond acceptors (Lipinski definition) is 13. The highest BCUT2D eigenvalue weighted by Crippen LogP contribution is 2.56. The summed E-state index contributed by atoms with van der Waals surface area (Å²) in [6.45, 7) is 4.75. The van der Waals surface area contributed by atoms with Crippen molar-refractivity contribution in [3.05, 3.63) is 135 Å². The molecule has 1 saturated heterocycles. The van der Waals surface area contributed by atoms with Crippen molar-refractivity contribution in [1.82, 2.24) is 9.88 Å². The average molecular weight is 832 g/mol. The van der Waals surface area contributed by atoms with E-state index >= 15 is 0 Å². The summed E-state index contributed by atoms with van der Waals surface area (Å²) in [6, 6.07) is 10.2. The van der Waals surface area contributed by atoms with Crippen LogP contribution in [0.5, 0.6) is 11.5 Å². The molecule has 14 nitrogen and oxygen atoms in total. The van der Waals surface area contributed by atoms with Crippen molar-refractivity contribution in [1.29, 1.82) is 0 Å². The number of halogens is 2. The van der Waals surface area contributed by atoms with Crippen molar-refractivity contribution in [2.24, 2.45) is 5.16 Å². The Morgan fingerprint density at radius 1 is 0.945 bits per heavy atom. The third-order valence-corrected chi connectivity index (χ3v) is 12.0. The molecule has 0 saturated carbocycles. The second-order valence-electron chi connectivity index (χ2n) is 13.8. The highest BCUT2D eigenvalue weighted by molar-refractivity contribution is 9.10. The first-order chi connectivity index (χ1) is 26.4. The Hall–Kier alpha value is -5.51. The van der Waals surface area contributed by atoms with Gasteiger partial charge in [0, 0.05) is 64.9 Å². The van der Waals surface area contributed by atoms with Crippen LogP contribution in [0.1, 0.15) is 29.7 Å². The van der Waals surface area contributed by atoms with E-state index in [2.05, 4.69) is 41.9 Å². The van der Waals surface area contributed by atoms with E-state index in [9.17, 15) is 39.3 Å². The lowest BCUT2D eigenvalue weighted by Gasteiger charge is -2.36. The lowest BCUT2D eigenvalue weighted by atomic mass is 9.78. The van der Waals surface area contributed by atoms with Crippen LogP contribution in [0.15, 0.2) is 70.0 Å². The van der Waals surface area contributed by atoms with Crippen LogP contribution in [0.3, 0.4) is 0 Å². The largest absolute Gasteiger partial charge is 0.510 e. The van der Waals surface area contributed by atoms with Gasteiger partial charge in [-0.1, -0.05) is 22.8 Å². The van der Waals surface area contributed by atoms with Gasteiger partial charge in [-0.25, -0.2) is 0 Å². The third kappa shape index (κ3) is 5.54. The van der Waals surface area contributed by atoms with Gasteiger partial charge in [0.15, 0.2) is 11.2 Å². The number of aromatic amines is 1. The first kappa shape index (κ1) is 36.5. The number of pyridine rings is 1. The van der Waals surface area contributed by atoms with E-state index in [0.29, 0.717) is 27.1 Å². The molecule has 1 aliphatic heterocycles. The number of hydrogen-bond donors (Lipinski definition) is 4. The van der Waals surface area contributed by atoms with Crippen LogP contribution in [0.25, 0.3) is 22.3 Å². The maximum Gasteiger partial charge on any atom is 0.260 e. The number of benzene rings is 2. The lowest BCUT2D eigenvalue weighted by molar-refractivity contribution is 0.128. The van der Waals surface area contributed by atoms with Crippen molar-refractivity contribution in [2.45, 2.75) is 24.7 Å². The predicted octanol–water partition coefficient (Wildman–Crippen LogP) is 1.49. The minimum atomic E-state index is -2.02. The number of nitrogens with zero attached hydrogens (tertiary/aromatic N) is 3. The molecule has 5 aliphatic rings. The summed E-state index contributed by atoms with van der Waals surface area (Å²) in [5.74, 6) is -2.61. The number of aliphatic hydroxyl groups excluding tert-OH is 2. The fraction of sp³-hybridized carbons (Fsp3) is 0.282. The van der Waals surface area contributed by atoms with E-state index in [0.717, 1.165) is 58.0 Å². The van der Waals surface area contributed by atoms with Gasteiger partial charge in [-0.05, 0) is 65.0 Å². The third-order valence-electron chi connectivity index (χ3n) is 10.9. The molecule has 282 valence electrons. The molecule has 1 atom stereocenters. The SMILES string of the molecule is COc1cc(=O)c2c(=O)c3c(c(=O)c=2c1=O)=C(O)[C@]1(CCc2c1c(O)c1c(=O)[nH]c(C=NOCCCN4CCN(c5cccc(Cl)c5)CC4)cc1c2Br)C=3O. The number of H-pyrrole nitrogens is 1. The van der Waals surface area contributed by atoms with Crippen LogP contribution in [0, 0.1) is 10.4 Å². The highest BCUT2D eigenvalue weighted by Gasteiger charge is 2.53. The van der Waals surface area contributed by atoms with Crippen LogP contribution in [-0.2, 0) is 16.7 Å². The fourth-order valence-corrected chi connectivity index (χ4v) is 9.18. The van der Waals surface area contributed by atoms with E-state index < -0.39 is 76.6 Å². The lowest BCUT2D eigenvalue weighted by Crippen LogP contribution is -2.51. The summed E-state index contributed by atoms with van der Waals surface area (Å²) in [5, 5.41) is 37.2. The Labute approximate surface area is 322 Å². The molecular weight excluding hydrogens is 800 g/mol. The number of oxime groups is 1. The molecule has 3 aromatic rings. The van der Waals surface area contributed by atoms with Crippen LogP contribution in [0.2, 0.25) is 5.02 Å². The number of nitrogens with one attached hydrogen (secondary N) is 1. The molecule has 2 heterocycles. The van der Waals surface area contributed by atoms with Gasteiger partial charge in [-0.15, -0.1) is 0 Å². The monoisotopic (exact) mass is 830 g/mol. The van der Waals surface area contributed by atoms with Gasteiger partial charge in [-0.2, -0.15) is 0 Å². The van der Waals surface area contributed by atoms with Crippen molar-refractivity contribution < 1.29 is 24.9 Å². The molecule has 0 bridgehead atoms. The number of fused-ring (bicyclic) bond motifs is 4. The van der Waals surface area contributed by atoms with E-state index in [4.69, 9.17) is 21.2 Å². The number of anilines is 1. The van der Waals surface area contributed by atoms with Gasteiger partial charge >= 0.3 is 0 Å². The maximum atomic E-state index is 13.8. The normalized spacial score (nSPS) is 18.3. The van der Waals surface area contributed by atoms with Gasteiger partial charge in [-0.3, -0.25) is 28.9 Å². The summed E-state index contributed by atoms with van der Waals surface area (Å²) in [5.41, 5.74) is -5.32. The number of rotatable bonds is 8. The average Bonchev–Trinajstić information content (AvgIpc) is 3.68. The molecule has 16 heteroatoms. The fourth-order valence-electron chi connectivity index (χ4n) is 8.28. The molecule has 4 N–H and O–H groups in total. The molecule has 1 spiro atoms. The molecule has 0 amide bonds. The molecule has 1 aromatic heterocycles. The first-order valence-electron chi connectivity index (χ1n) is 17.4. The molecular formula is C39H32BrClN4O10. The molecule has 55 heavy (non-hydrogen) atoms. The number of phenols is 1. The van der Waals surface area contributed by atoms with Gasteiger partial charge in [0.25, 0.3) is 5.56 Å². The molecule has 4 aliphatic carbocycles. The minimum Gasteiger partial charge on any atom is -0.510 e. The Kier molecular flexibility index (Phi) is 9.05. The second kappa shape index (κ2) is 13.7. The Morgan fingerprint density at radius 2 is 1.65 bits per heavy atom. The summed E-state index contributed by atoms with van der Waals surface area (Å²) >= 11 is 9.69. The van der Waals surface area contributed by atoms with Gasteiger partial charge in [0.1, 0.15) is 29.3 Å². The maximum absolute atomic E-state index is 13.8. The van der Waals surface area contributed by atoms with Gasteiger partial charge in [0.2, 0.25) is 16.3 Å². The predicted molar refractivity (Wildman–Crippen MR) is 209 cm³/mol. The Morgan fingerprint density at radius 3 is 2.35 bits per heavy atom. The summed E-state index contributed by atoms with van der Waals surface area (Å²) < 4.78 is 5.30. The number of aromatic hydroxyl groups is 1. The van der Waals surface area contributed by atoms with Gasteiger partial charge in [0.05, 0.1) is 45.3 Å². The number of aliphatic hydroxyl groups is 2. The minimum absolute atomic E-state index is 0.0932. The van der Waals surface area contributed by atoms with Crippen LogP contribution >= 0.6 is 27.5 Å². The van der Waals surface area contributed by atoms with Crippen molar-refractivity contribution in [2.75, 3.05) is 51.3 Å². The zero-order valence-electron chi connectivity index (χ0n) is 29.2. The van der Waals surface area contributed by atoms with Crippen molar-refractivity contribution in [3.8, 4) is 11.5 Å². The van der Waals surface area contributed by atoms with E-state index in [-0.39, 0.29) is 29.5 Å². The standard InChI is InChI=1S/C39H32BrClN4O10/c1-54-24-16-23(46)26-27(32(24)47)34(49)29-28(33(26)48)36(51)39(37(29)52)7-6-21-30(39)35(50)25-22(31(21)40)15-19(43-38(25)53)17-42-55-13-3-8-44-9-11-45(12-10-44)20-5-2-4-18(41)14-20/h2,4-5,14-17,50-52H,3,6-13H2,1H3,(H,43,53)/t39-/m0/s1. The molecule has 1 fully saturated rings. The van der Waals surface area contributed by atoms with Crippen LogP contribution in [0.4, 0.5) is 5.69 Å². The number of methoxy groups -OCH3 is 1. The molecule has 0 radical (unpaired) electrons. The molecule has 8 rings (SSSR count). The van der Waals surface area contributed by atoms with Crippen LogP contribution in [-0.4, -0.2) is 77.9 Å². The van der Waals surface area contributed by atoms with Crippen molar-refractivity contribution in [3.63, 3.8) is 0 Å². The topological polar surface area (TPSA) is 199 Å². The number of aromatic nitrogens is 1. The number of phenolic OH excluding ortho intramolecular Hbond substituents is 1. The smallest absolute Gasteiger partial charge is 0.260 e. The van der Waals surface area contributed by atoms with E-state index in [1.54, 1.807) is 6.07 Å². The van der Waals surface area contributed by atoms with Crippen molar-refractivity contribution >= 4 is 61.7 Å². The molecule has 2 aromatic carbocycles. The highest BCUT2D eigenvalue weighted by atomic mass is 79.9. The summed E-state index contributed by atoms with van der Waals surface area (Å²) in [4.78, 5) is 79.7. The van der Waals surface area contributed by atoms with E-state index in [1.807, 2.05) is 18.2 Å². The Balaban J connectivity index is 1.06. The quantitative estimate of drug-likeness (QED) is 0.100. The second-order valence-corrected chi connectivity index (χ2v) is 15.0. The summed E-state index contributed by atoms with van der Waals surface area (Å²) in [6.07, 6.45) is 2.07. The molecule has 0 unspecified atom stereocenters. The zero-order chi connectivity index (χ0) is 38.9. The van der Waals surface area contributed by atoms with Crippen LogP contribution < -0.4 is 47.3 Å². The number of ether oxygens (including phenoxy) is 1.